The summed E-state index contributed by atoms with van der Waals surface area (Å²) in [5.74, 6) is -1.15. The van der Waals surface area contributed by atoms with Crippen LogP contribution in [0.2, 0.25) is 0 Å². The second kappa shape index (κ2) is 8.23. The van der Waals surface area contributed by atoms with E-state index in [1.807, 2.05) is 19.1 Å². The number of nitrogens with zero attached hydrogens (tertiary/aromatic N) is 2. The zero-order chi connectivity index (χ0) is 21.2. The molecule has 2 atom stereocenters. The molecular weight excluding hydrogens is 374 g/mol. The van der Waals surface area contributed by atoms with Gasteiger partial charge >= 0.3 is 12.0 Å². The molecule has 29 heavy (non-hydrogen) atoms. The Morgan fingerprint density at radius 2 is 1.93 bits per heavy atom. The normalized spacial score (nSPS) is 24.4. The SMILES string of the molecule is Cc1ccc([C@@]2(C)NC(=O)N(CC(=O)OCC(=O)N3CCC[C@@H](C)C3)C2=O)cc1. The van der Waals surface area contributed by atoms with Gasteiger partial charge in [0.05, 0.1) is 0 Å². The minimum Gasteiger partial charge on any atom is -0.454 e. The molecule has 8 nitrogen and oxygen atoms in total. The zero-order valence-corrected chi connectivity index (χ0v) is 17.1. The van der Waals surface area contributed by atoms with Crippen LogP contribution in [0, 0.1) is 12.8 Å². The third-order valence-electron chi connectivity index (χ3n) is 5.56. The number of piperidine rings is 1. The Morgan fingerprint density at radius 3 is 2.59 bits per heavy atom. The molecule has 0 radical (unpaired) electrons. The van der Waals surface area contributed by atoms with Gasteiger partial charge in [-0.25, -0.2) is 4.79 Å². The van der Waals surface area contributed by atoms with Gasteiger partial charge in [-0.15, -0.1) is 0 Å². The minimum absolute atomic E-state index is 0.258. The largest absolute Gasteiger partial charge is 0.454 e. The molecule has 0 spiro atoms. The molecule has 2 aliphatic rings. The lowest BCUT2D eigenvalue weighted by atomic mass is 9.91. The van der Waals surface area contributed by atoms with Crippen molar-refractivity contribution < 1.29 is 23.9 Å². The highest BCUT2D eigenvalue weighted by molar-refractivity contribution is 6.08. The van der Waals surface area contributed by atoms with Crippen LogP contribution in [0.4, 0.5) is 4.79 Å². The fourth-order valence-corrected chi connectivity index (χ4v) is 3.75. The Kier molecular flexibility index (Phi) is 5.91. The summed E-state index contributed by atoms with van der Waals surface area (Å²) in [7, 11) is 0. The molecule has 2 saturated heterocycles. The number of rotatable bonds is 5. The lowest BCUT2D eigenvalue weighted by molar-refractivity contribution is -0.154. The van der Waals surface area contributed by atoms with Gasteiger partial charge in [-0.3, -0.25) is 19.3 Å². The molecule has 2 fully saturated rings. The van der Waals surface area contributed by atoms with Crippen molar-refractivity contribution in [1.29, 1.82) is 0 Å². The van der Waals surface area contributed by atoms with Crippen LogP contribution in [0.25, 0.3) is 0 Å². The molecular formula is C21H27N3O5. The van der Waals surface area contributed by atoms with Gasteiger partial charge in [-0.1, -0.05) is 36.8 Å². The van der Waals surface area contributed by atoms with E-state index in [1.54, 1.807) is 24.0 Å². The molecule has 1 aromatic rings. The second-order valence-corrected chi connectivity index (χ2v) is 8.06. The number of hydrogen-bond donors (Lipinski definition) is 1. The molecule has 0 unspecified atom stereocenters. The number of aryl methyl sites for hydroxylation is 1. The van der Waals surface area contributed by atoms with Crippen LogP contribution in [-0.2, 0) is 24.7 Å². The molecule has 8 heteroatoms. The number of imide groups is 1. The number of carbonyl (C=O) groups is 4. The highest BCUT2D eigenvalue weighted by atomic mass is 16.5. The molecule has 2 heterocycles. The van der Waals surface area contributed by atoms with Gasteiger partial charge in [-0.2, -0.15) is 0 Å². The molecule has 0 bridgehead atoms. The quantitative estimate of drug-likeness (QED) is 0.597. The average Bonchev–Trinajstić information content (AvgIpc) is 2.90. The van der Waals surface area contributed by atoms with Crippen LogP contribution < -0.4 is 5.32 Å². The van der Waals surface area contributed by atoms with Crippen molar-refractivity contribution in [1.82, 2.24) is 15.1 Å². The number of hydrogen-bond acceptors (Lipinski definition) is 5. The number of amides is 4. The highest BCUT2D eigenvalue weighted by Gasteiger charge is 2.49. The van der Waals surface area contributed by atoms with Crippen LogP contribution >= 0.6 is 0 Å². The maximum absolute atomic E-state index is 12.8. The highest BCUT2D eigenvalue weighted by Crippen LogP contribution is 2.29. The first kappa shape index (κ1) is 20.8. The fraction of sp³-hybridized carbons (Fsp3) is 0.524. The van der Waals surface area contributed by atoms with E-state index < -0.39 is 30.0 Å². The van der Waals surface area contributed by atoms with Gasteiger partial charge in [0.15, 0.2) is 6.61 Å². The summed E-state index contributed by atoms with van der Waals surface area (Å²) in [6.45, 7) is 5.99. The maximum Gasteiger partial charge on any atom is 0.326 e. The summed E-state index contributed by atoms with van der Waals surface area (Å²) < 4.78 is 5.04. The van der Waals surface area contributed by atoms with Gasteiger partial charge in [0, 0.05) is 13.1 Å². The molecule has 156 valence electrons. The average molecular weight is 401 g/mol. The van der Waals surface area contributed by atoms with Crippen molar-refractivity contribution in [3.8, 4) is 0 Å². The molecule has 3 rings (SSSR count). The first-order valence-electron chi connectivity index (χ1n) is 9.85. The molecule has 0 aromatic heterocycles. The fourth-order valence-electron chi connectivity index (χ4n) is 3.75. The summed E-state index contributed by atoms with van der Waals surface area (Å²) in [4.78, 5) is 52.0. The Labute approximate surface area is 170 Å². The predicted molar refractivity (Wildman–Crippen MR) is 105 cm³/mol. The first-order valence-corrected chi connectivity index (χ1v) is 9.85. The third kappa shape index (κ3) is 4.41. The topological polar surface area (TPSA) is 96.0 Å². The number of ether oxygens (including phenoxy) is 1. The molecule has 0 aliphatic carbocycles. The van der Waals surface area contributed by atoms with Crippen LogP contribution in [0.15, 0.2) is 24.3 Å². The van der Waals surface area contributed by atoms with Gasteiger partial charge in [0.2, 0.25) is 0 Å². The van der Waals surface area contributed by atoms with E-state index in [0.717, 1.165) is 23.3 Å². The van der Waals surface area contributed by atoms with Crippen LogP contribution in [-0.4, -0.2) is 59.9 Å². The molecule has 0 saturated carbocycles. The number of benzene rings is 1. The summed E-state index contributed by atoms with van der Waals surface area (Å²) >= 11 is 0. The first-order chi connectivity index (χ1) is 13.7. The second-order valence-electron chi connectivity index (χ2n) is 8.06. The van der Waals surface area contributed by atoms with E-state index in [9.17, 15) is 19.2 Å². The Hall–Kier alpha value is -2.90. The van der Waals surface area contributed by atoms with Crippen LogP contribution in [0.5, 0.6) is 0 Å². The van der Waals surface area contributed by atoms with Crippen molar-refractivity contribution in [3.63, 3.8) is 0 Å². The number of likely N-dealkylation sites (tertiary alicyclic amines) is 1. The number of esters is 1. The summed E-state index contributed by atoms with van der Waals surface area (Å²) in [6.07, 6.45) is 2.01. The van der Waals surface area contributed by atoms with Crippen molar-refractivity contribution in [2.45, 2.75) is 39.2 Å². The predicted octanol–water partition coefficient (Wildman–Crippen LogP) is 1.56. The van der Waals surface area contributed by atoms with Crippen LogP contribution in [0.1, 0.15) is 37.8 Å². The van der Waals surface area contributed by atoms with Crippen molar-refractivity contribution in [2.75, 3.05) is 26.2 Å². The van der Waals surface area contributed by atoms with Crippen molar-refractivity contribution >= 4 is 23.8 Å². The molecule has 2 aliphatic heterocycles. The lowest BCUT2D eigenvalue weighted by Gasteiger charge is -2.30. The van der Waals surface area contributed by atoms with Crippen LogP contribution in [0.3, 0.4) is 0 Å². The van der Waals surface area contributed by atoms with E-state index >= 15 is 0 Å². The van der Waals surface area contributed by atoms with E-state index in [-0.39, 0.29) is 12.5 Å². The van der Waals surface area contributed by atoms with Crippen molar-refractivity contribution in [2.24, 2.45) is 5.92 Å². The molecule has 1 N–H and O–H groups in total. The van der Waals surface area contributed by atoms with E-state index in [0.29, 0.717) is 24.6 Å². The summed E-state index contributed by atoms with van der Waals surface area (Å²) in [5, 5.41) is 2.65. The van der Waals surface area contributed by atoms with Gasteiger partial charge in [0.1, 0.15) is 12.1 Å². The van der Waals surface area contributed by atoms with E-state index in [1.165, 1.54) is 0 Å². The summed E-state index contributed by atoms with van der Waals surface area (Å²) in [6, 6.07) is 6.58. The Bertz CT molecular complexity index is 822. The van der Waals surface area contributed by atoms with Gasteiger partial charge in [-0.05, 0) is 38.2 Å². The zero-order valence-electron chi connectivity index (χ0n) is 17.1. The van der Waals surface area contributed by atoms with E-state index in [4.69, 9.17) is 4.74 Å². The van der Waals surface area contributed by atoms with Gasteiger partial charge < -0.3 is 15.0 Å². The van der Waals surface area contributed by atoms with Gasteiger partial charge in [0.25, 0.3) is 11.8 Å². The smallest absolute Gasteiger partial charge is 0.326 e. The molecule has 1 aromatic carbocycles. The van der Waals surface area contributed by atoms with Crippen molar-refractivity contribution in [3.05, 3.63) is 35.4 Å². The summed E-state index contributed by atoms with van der Waals surface area (Å²) in [5.41, 5.74) is 0.416. The minimum atomic E-state index is -1.25. The molecule has 4 amide bonds. The lowest BCUT2D eigenvalue weighted by Crippen LogP contribution is -2.43. The Morgan fingerprint density at radius 1 is 1.24 bits per heavy atom. The number of urea groups is 1. The van der Waals surface area contributed by atoms with E-state index in [2.05, 4.69) is 12.2 Å². The third-order valence-corrected chi connectivity index (χ3v) is 5.56. The Balaban J connectivity index is 1.57. The monoisotopic (exact) mass is 401 g/mol. The number of carbonyl (C=O) groups excluding carboxylic acids is 4. The standard InChI is InChI=1S/C21H27N3O5/c1-14-6-8-16(9-7-14)21(3)19(27)24(20(28)22-21)12-18(26)29-13-17(25)23-10-4-5-15(2)11-23/h6-9,15H,4-5,10-13H2,1-3H3,(H,22,28)/t15-,21-/m1/s1. The maximum atomic E-state index is 12.8. The number of nitrogens with one attached hydrogen (secondary N) is 1.